The Labute approximate surface area is 150 Å². The highest BCUT2D eigenvalue weighted by atomic mass is 16.5. The molecule has 2 fully saturated rings. The van der Waals surface area contributed by atoms with Crippen molar-refractivity contribution in [2.24, 2.45) is 0 Å². The predicted octanol–water partition coefficient (Wildman–Crippen LogP) is 1.81. The van der Waals surface area contributed by atoms with E-state index in [0.29, 0.717) is 6.04 Å². The SMILES string of the molecule is O=C([C@H]1CCCO1)N1CCC(NCCN2CCc3ccccc32)CC1. The lowest BCUT2D eigenvalue weighted by Gasteiger charge is -2.34. The summed E-state index contributed by atoms with van der Waals surface area (Å²) in [5.74, 6) is 0.213. The molecule has 3 heterocycles. The average molecular weight is 343 g/mol. The third-order valence-corrected chi connectivity index (χ3v) is 5.81. The summed E-state index contributed by atoms with van der Waals surface area (Å²) in [6, 6.07) is 9.27. The van der Waals surface area contributed by atoms with E-state index in [0.717, 1.165) is 65.0 Å². The molecule has 0 unspecified atom stereocenters. The second kappa shape index (κ2) is 7.75. The smallest absolute Gasteiger partial charge is 0.251 e. The van der Waals surface area contributed by atoms with Gasteiger partial charge in [0.2, 0.25) is 0 Å². The van der Waals surface area contributed by atoms with E-state index in [1.54, 1.807) is 0 Å². The number of rotatable bonds is 5. The molecule has 136 valence electrons. The van der Waals surface area contributed by atoms with E-state index in [9.17, 15) is 4.79 Å². The molecule has 5 nitrogen and oxygen atoms in total. The Bertz CT molecular complexity index is 592. The van der Waals surface area contributed by atoms with Gasteiger partial charge in [-0.1, -0.05) is 18.2 Å². The van der Waals surface area contributed by atoms with Gasteiger partial charge in [-0.2, -0.15) is 0 Å². The highest BCUT2D eigenvalue weighted by Gasteiger charge is 2.30. The lowest BCUT2D eigenvalue weighted by atomic mass is 10.0. The summed E-state index contributed by atoms with van der Waals surface area (Å²) in [6.45, 7) is 5.68. The molecule has 0 aromatic heterocycles. The molecule has 3 aliphatic rings. The van der Waals surface area contributed by atoms with Crippen LogP contribution in [0.15, 0.2) is 24.3 Å². The summed E-state index contributed by atoms with van der Waals surface area (Å²) in [6.07, 6.45) is 5.02. The van der Waals surface area contributed by atoms with Crippen LogP contribution in [0.2, 0.25) is 0 Å². The zero-order chi connectivity index (χ0) is 17.1. The lowest BCUT2D eigenvalue weighted by Crippen LogP contribution is -2.48. The van der Waals surface area contributed by atoms with Crippen molar-refractivity contribution in [2.75, 3.05) is 44.2 Å². The van der Waals surface area contributed by atoms with Crippen molar-refractivity contribution in [3.05, 3.63) is 29.8 Å². The third-order valence-electron chi connectivity index (χ3n) is 5.81. The van der Waals surface area contributed by atoms with E-state index < -0.39 is 0 Å². The number of amides is 1. The lowest BCUT2D eigenvalue weighted by molar-refractivity contribution is -0.142. The molecular weight excluding hydrogens is 314 g/mol. The minimum Gasteiger partial charge on any atom is -0.370 e. The van der Waals surface area contributed by atoms with Crippen LogP contribution < -0.4 is 10.2 Å². The molecule has 0 saturated carbocycles. The molecule has 1 atom stereocenters. The number of fused-ring (bicyclic) bond motifs is 1. The minimum atomic E-state index is -0.167. The standard InChI is InChI=1S/C20H29N3O2/c24-20(19-6-3-15-25-19)23-12-8-17(9-13-23)21-10-14-22-11-7-16-4-1-2-5-18(16)22/h1-2,4-5,17,19,21H,3,6-15H2/t19-/m1/s1. The van der Waals surface area contributed by atoms with E-state index in [1.807, 2.05) is 4.90 Å². The number of nitrogens with one attached hydrogen (secondary N) is 1. The Morgan fingerprint density at radius 2 is 2.00 bits per heavy atom. The monoisotopic (exact) mass is 343 g/mol. The van der Waals surface area contributed by atoms with Gasteiger partial charge in [0.15, 0.2) is 0 Å². The van der Waals surface area contributed by atoms with Gasteiger partial charge in [0, 0.05) is 51.1 Å². The van der Waals surface area contributed by atoms with E-state index in [2.05, 4.69) is 34.5 Å². The Hall–Kier alpha value is -1.59. The number of benzene rings is 1. The van der Waals surface area contributed by atoms with E-state index in [4.69, 9.17) is 4.74 Å². The number of nitrogens with zero attached hydrogens (tertiary/aromatic N) is 2. The Kier molecular flexibility index (Phi) is 5.22. The van der Waals surface area contributed by atoms with E-state index in [1.165, 1.54) is 17.7 Å². The predicted molar refractivity (Wildman–Crippen MR) is 98.9 cm³/mol. The molecule has 1 N–H and O–H groups in total. The van der Waals surface area contributed by atoms with Crippen LogP contribution in [-0.2, 0) is 16.0 Å². The Morgan fingerprint density at radius 1 is 1.16 bits per heavy atom. The molecule has 2 saturated heterocycles. The highest BCUT2D eigenvalue weighted by molar-refractivity contribution is 5.81. The van der Waals surface area contributed by atoms with Crippen LogP contribution >= 0.6 is 0 Å². The van der Waals surface area contributed by atoms with Crippen molar-refractivity contribution >= 4 is 11.6 Å². The van der Waals surface area contributed by atoms with E-state index >= 15 is 0 Å². The minimum absolute atomic E-state index is 0.167. The van der Waals surface area contributed by atoms with Crippen molar-refractivity contribution in [3.63, 3.8) is 0 Å². The van der Waals surface area contributed by atoms with Crippen molar-refractivity contribution in [1.29, 1.82) is 0 Å². The van der Waals surface area contributed by atoms with Gasteiger partial charge >= 0.3 is 0 Å². The fraction of sp³-hybridized carbons (Fsp3) is 0.650. The number of carbonyl (C=O) groups excluding carboxylic acids is 1. The van der Waals surface area contributed by atoms with Crippen molar-refractivity contribution < 1.29 is 9.53 Å². The first-order chi connectivity index (χ1) is 12.3. The van der Waals surface area contributed by atoms with Crippen LogP contribution in [0.5, 0.6) is 0 Å². The van der Waals surface area contributed by atoms with Crippen LogP contribution in [0.4, 0.5) is 5.69 Å². The zero-order valence-corrected chi connectivity index (χ0v) is 15.0. The molecule has 3 aliphatic heterocycles. The molecule has 0 bridgehead atoms. The van der Waals surface area contributed by atoms with Crippen molar-refractivity contribution in [1.82, 2.24) is 10.2 Å². The molecule has 0 spiro atoms. The highest BCUT2D eigenvalue weighted by Crippen LogP contribution is 2.26. The van der Waals surface area contributed by atoms with Gasteiger partial charge in [0.25, 0.3) is 5.91 Å². The number of likely N-dealkylation sites (tertiary alicyclic amines) is 1. The molecule has 0 radical (unpaired) electrons. The molecule has 1 aromatic rings. The Balaban J connectivity index is 1.18. The van der Waals surface area contributed by atoms with Crippen molar-refractivity contribution in [3.8, 4) is 0 Å². The summed E-state index contributed by atoms with van der Waals surface area (Å²) < 4.78 is 5.53. The van der Waals surface area contributed by atoms with Crippen molar-refractivity contribution in [2.45, 2.75) is 44.2 Å². The molecule has 25 heavy (non-hydrogen) atoms. The molecule has 0 aliphatic carbocycles. The molecule has 1 aromatic carbocycles. The van der Waals surface area contributed by atoms with Crippen LogP contribution in [-0.4, -0.2) is 62.3 Å². The van der Waals surface area contributed by atoms with Gasteiger partial charge < -0.3 is 19.9 Å². The maximum Gasteiger partial charge on any atom is 0.251 e. The zero-order valence-electron chi connectivity index (χ0n) is 15.0. The first-order valence-electron chi connectivity index (χ1n) is 9.78. The second-order valence-electron chi connectivity index (χ2n) is 7.42. The van der Waals surface area contributed by atoms with E-state index in [-0.39, 0.29) is 12.0 Å². The first-order valence-corrected chi connectivity index (χ1v) is 9.78. The van der Waals surface area contributed by atoms with Gasteiger partial charge in [-0.05, 0) is 43.7 Å². The summed E-state index contributed by atoms with van der Waals surface area (Å²) >= 11 is 0. The molecule has 1 amide bonds. The second-order valence-corrected chi connectivity index (χ2v) is 7.42. The van der Waals surface area contributed by atoms with Gasteiger partial charge in [-0.3, -0.25) is 4.79 Å². The van der Waals surface area contributed by atoms with Gasteiger partial charge in [0.1, 0.15) is 6.10 Å². The Morgan fingerprint density at radius 3 is 2.80 bits per heavy atom. The van der Waals surface area contributed by atoms with Gasteiger partial charge in [-0.25, -0.2) is 0 Å². The van der Waals surface area contributed by atoms with Crippen LogP contribution in [0.1, 0.15) is 31.2 Å². The summed E-state index contributed by atoms with van der Waals surface area (Å²) in [4.78, 5) is 16.9. The molecule has 5 heteroatoms. The molecular formula is C20H29N3O2. The quantitative estimate of drug-likeness (QED) is 0.886. The maximum absolute atomic E-state index is 12.4. The normalized spacial score (nSPS) is 23.9. The van der Waals surface area contributed by atoms with Crippen LogP contribution in [0.3, 0.4) is 0 Å². The van der Waals surface area contributed by atoms with Gasteiger partial charge in [0.05, 0.1) is 0 Å². The number of piperidine rings is 1. The largest absolute Gasteiger partial charge is 0.370 e. The van der Waals surface area contributed by atoms with Gasteiger partial charge in [-0.15, -0.1) is 0 Å². The maximum atomic E-state index is 12.4. The van der Waals surface area contributed by atoms with Crippen LogP contribution in [0, 0.1) is 0 Å². The number of hydrogen-bond acceptors (Lipinski definition) is 4. The average Bonchev–Trinajstić information content (AvgIpc) is 3.32. The fourth-order valence-corrected chi connectivity index (χ4v) is 4.32. The number of anilines is 1. The number of ether oxygens (including phenoxy) is 1. The first kappa shape index (κ1) is 16.9. The summed E-state index contributed by atoms with van der Waals surface area (Å²) in [5, 5.41) is 3.70. The fourth-order valence-electron chi connectivity index (χ4n) is 4.32. The third kappa shape index (κ3) is 3.82. The van der Waals surface area contributed by atoms with Crippen LogP contribution in [0.25, 0.3) is 0 Å². The molecule has 4 rings (SSSR count). The summed E-state index contributed by atoms with van der Waals surface area (Å²) in [7, 11) is 0. The topological polar surface area (TPSA) is 44.8 Å². The summed E-state index contributed by atoms with van der Waals surface area (Å²) in [5.41, 5.74) is 2.88. The number of para-hydroxylation sites is 1. The number of carbonyl (C=O) groups is 1. The number of hydrogen-bond donors (Lipinski definition) is 1.